The molecule has 0 bridgehead atoms. The zero-order valence-electron chi connectivity index (χ0n) is 22.9. The number of nitro groups is 1. The van der Waals surface area contributed by atoms with Crippen LogP contribution in [0.3, 0.4) is 0 Å². The predicted molar refractivity (Wildman–Crippen MR) is 151 cm³/mol. The van der Waals surface area contributed by atoms with E-state index in [9.17, 15) is 24.5 Å². The van der Waals surface area contributed by atoms with Crippen LogP contribution < -0.4 is 5.32 Å². The third kappa shape index (κ3) is 5.96. The first-order chi connectivity index (χ1) is 19.1. The summed E-state index contributed by atoms with van der Waals surface area (Å²) in [4.78, 5) is 53.7. The van der Waals surface area contributed by atoms with Gasteiger partial charge in [0.05, 0.1) is 22.6 Å². The van der Waals surface area contributed by atoms with Gasteiger partial charge in [-0.3, -0.25) is 14.9 Å². The summed E-state index contributed by atoms with van der Waals surface area (Å²) in [6, 6.07) is 17.8. The highest BCUT2D eigenvalue weighted by Crippen LogP contribution is 2.36. The molecule has 3 amide bonds. The number of amides is 3. The number of esters is 1. The second-order valence-electron chi connectivity index (χ2n) is 9.98. The predicted octanol–water partition coefficient (Wildman–Crippen LogP) is 5.20. The fraction of sp³-hybridized carbons (Fsp3) is 0.300. The van der Waals surface area contributed by atoms with Gasteiger partial charge in [-0.1, -0.05) is 48.5 Å². The molecule has 0 spiro atoms. The summed E-state index contributed by atoms with van der Waals surface area (Å²) in [5, 5.41) is 16.0. The highest BCUT2D eigenvalue weighted by atomic mass is 16.6. The molecule has 1 aliphatic heterocycles. The number of rotatable bonds is 9. The molecule has 1 N–H and O–H groups in total. The smallest absolute Gasteiger partial charge is 0.338 e. The molecule has 1 unspecified atom stereocenters. The minimum absolute atomic E-state index is 0.146. The molecule has 0 saturated heterocycles. The minimum atomic E-state index is -0.904. The summed E-state index contributed by atoms with van der Waals surface area (Å²) in [5.74, 6) is -0.760. The Morgan fingerprint density at radius 2 is 1.80 bits per heavy atom. The SMILES string of the molecule is CC1=C(C(=O)OC(C)C)C(c2cccc([N+](=O)[O-])c2)N(CCCN(C)C(=O)c2cccc3ccccc23)C(=O)N1. The van der Waals surface area contributed by atoms with Crippen LogP contribution in [0.2, 0.25) is 0 Å². The van der Waals surface area contributed by atoms with Crippen molar-refractivity contribution < 1.29 is 24.0 Å². The largest absolute Gasteiger partial charge is 0.459 e. The van der Waals surface area contributed by atoms with Crippen LogP contribution in [0.4, 0.5) is 10.5 Å². The molecule has 1 atom stereocenters. The molecule has 1 heterocycles. The van der Waals surface area contributed by atoms with Gasteiger partial charge in [-0.15, -0.1) is 0 Å². The minimum Gasteiger partial charge on any atom is -0.459 e. The number of carbonyl (C=O) groups excluding carboxylic acids is 3. The van der Waals surface area contributed by atoms with Crippen LogP contribution >= 0.6 is 0 Å². The van der Waals surface area contributed by atoms with Gasteiger partial charge in [-0.2, -0.15) is 0 Å². The van der Waals surface area contributed by atoms with E-state index in [1.807, 2.05) is 36.4 Å². The number of non-ortho nitro benzene ring substituents is 1. The number of nitrogens with one attached hydrogen (secondary N) is 1. The molecule has 208 valence electrons. The Balaban J connectivity index is 1.59. The topological polar surface area (TPSA) is 122 Å². The second kappa shape index (κ2) is 12.0. The van der Waals surface area contributed by atoms with Gasteiger partial charge in [0.1, 0.15) is 0 Å². The molecule has 3 aromatic rings. The van der Waals surface area contributed by atoms with E-state index in [2.05, 4.69) is 5.32 Å². The molecule has 40 heavy (non-hydrogen) atoms. The number of allylic oxidation sites excluding steroid dienone is 1. The van der Waals surface area contributed by atoms with Crippen molar-refractivity contribution in [2.24, 2.45) is 0 Å². The summed E-state index contributed by atoms with van der Waals surface area (Å²) in [5.41, 5.74) is 1.38. The summed E-state index contributed by atoms with van der Waals surface area (Å²) < 4.78 is 5.47. The number of nitro benzene ring substituents is 1. The van der Waals surface area contributed by atoms with Gasteiger partial charge in [-0.25, -0.2) is 9.59 Å². The molecule has 10 heteroatoms. The average Bonchev–Trinajstić information content (AvgIpc) is 2.92. The Kier molecular flexibility index (Phi) is 8.47. The lowest BCUT2D eigenvalue weighted by atomic mass is 9.93. The lowest BCUT2D eigenvalue weighted by Crippen LogP contribution is -2.49. The Hall–Kier alpha value is -4.73. The molecule has 3 aromatic carbocycles. The van der Waals surface area contributed by atoms with Gasteiger partial charge < -0.3 is 19.9 Å². The van der Waals surface area contributed by atoms with E-state index in [0.717, 1.165) is 10.8 Å². The molecular formula is C30H32N4O6. The van der Waals surface area contributed by atoms with E-state index in [1.165, 1.54) is 23.1 Å². The summed E-state index contributed by atoms with van der Waals surface area (Å²) in [6.07, 6.45) is -0.00408. The standard InChI is InChI=1S/C30H32N4O6/c1-19(2)40-29(36)26-20(3)31-30(37)33(27(26)22-12-7-13-23(18-22)34(38)39)17-9-16-32(4)28(35)25-15-8-11-21-10-5-6-14-24(21)25/h5-8,10-15,18-19,27H,9,16-17H2,1-4H3,(H,31,37). The van der Waals surface area contributed by atoms with Crippen molar-refractivity contribution in [2.45, 2.75) is 39.3 Å². The monoisotopic (exact) mass is 544 g/mol. The van der Waals surface area contributed by atoms with Crippen LogP contribution in [0, 0.1) is 10.1 Å². The van der Waals surface area contributed by atoms with Crippen LogP contribution in [0.15, 0.2) is 78.0 Å². The van der Waals surface area contributed by atoms with Crippen molar-refractivity contribution in [1.29, 1.82) is 0 Å². The van der Waals surface area contributed by atoms with Gasteiger partial charge in [0.15, 0.2) is 0 Å². The van der Waals surface area contributed by atoms with E-state index in [0.29, 0.717) is 29.8 Å². The van der Waals surface area contributed by atoms with Gasteiger partial charge in [-0.05, 0) is 49.6 Å². The molecule has 0 fully saturated rings. The number of hydrogen-bond donors (Lipinski definition) is 1. The number of urea groups is 1. The molecule has 0 radical (unpaired) electrons. The van der Waals surface area contributed by atoms with Gasteiger partial charge in [0.25, 0.3) is 11.6 Å². The number of hydrogen-bond acceptors (Lipinski definition) is 6. The average molecular weight is 545 g/mol. The molecule has 10 nitrogen and oxygen atoms in total. The molecule has 4 rings (SSSR count). The zero-order valence-corrected chi connectivity index (χ0v) is 22.9. The normalized spacial score (nSPS) is 15.3. The van der Waals surface area contributed by atoms with Gasteiger partial charge in [0.2, 0.25) is 0 Å². The fourth-order valence-corrected chi connectivity index (χ4v) is 4.90. The van der Waals surface area contributed by atoms with E-state index in [1.54, 1.807) is 44.9 Å². The fourth-order valence-electron chi connectivity index (χ4n) is 4.90. The zero-order chi connectivity index (χ0) is 29.0. The lowest BCUT2D eigenvalue weighted by molar-refractivity contribution is -0.384. The van der Waals surface area contributed by atoms with Crippen LogP contribution in [0.5, 0.6) is 0 Å². The first kappa shape index (κ1) is 28.3. The Morgan fingerprint density at radius 1 is 1.10 bits per heavy atom. The van der Waals surface area contributed by atoms with Crippen LogP contribution in [0.1, 0.15) is 49.2 Å². The van der Waals surface area contributed by atoms with Crippen LogP contribution in [-0.2, 0) is 9.53 Å². The second-order valence-corrected chi connectivity index (χ2v) is 9.98. The number of ether oxygens (including phenoxy) is 1. The van der Waals surface area contributed by atoms with Crippen molar-refractivity contribution >= 4 is 34.4 Å². The Morgan fingerprint density at radius 3 is 2.52 bits per heavy atom. The number of carbonyl (C=O) groups is 3. The number of benzene rings is 3. The van der Waals surface area contributed by atoms with Crippen molar-refractivity contribution in [3.63, 3.8) is 0 Å². The highest BCUT2D eigenvalue weighted by molar-refractivity contribution is 6.06. The van der Waals surface area contributed by atoms with Gasteiger partial charge in [0, 0.05) is 43.5 Å². The summed E-state index contributed by atoms with van der Waals surface area (Å²) in [6.45, 7) is 5.56. The maximum Gasteiger partial charge on any atom is 0.338 e. The quantitative estimate of drug-likeness (QED) is 0.224. The molecule has 0 saturated carbocycles. The molecular weight excluding hydrogens is 512 g/mol. The summed E-state index contributed by atoms with van der Waals surface area (Å²) >= 11 is 0. The van der Waals surface area contributed by atoms with E-state index in [-0.39, 0.29) is 23.7 Å². The maximum absolute atomic E-state index is 13.3. The van der Waals surface area contributed by atoms with Crippen molar-refractivity contribution in [2.75, 3.05) is 20.1 Å². The number of fused-ring (bicyclic) bond motifs is 1. The van der Waals surface area contributed by atoms with Crippen LogP contribution in [0.25, 0.3) is 10.8 Å². The van der Waals surface area contributed by atoms with E-state index in [4.69, 9.17) is 4.74 Å². The van der Waals surface area contributed by atoms with Crippen molar-refractivity contribution in [3.05, 3.63) is 99.2 Å². The molecule has 1 aliphatic rings. The van der Waals surface area contributed by atoms with E-state index >= 15 is 0 Å². The van der Waals surface area contributed by atoms with Crippen molar-refractivity contribution in [3.8, 4) is 0 Å². The van der Waals surface area contributed by atoms with Crippen LogP contribution in [-0.4, -0.2) is 58.9 Å². The Labute approximate surface area is 232 Å². The summed E-state index contributed by atoms with van der Waals surface area (Å²) in [7, 11) is 1.70. The third-order valence-corrected chi connectivity index (χ3v) is 6.76. The first-order valence-corrected chi connectivity index (χ1v) is 13.1. The Bertz CT molecular complexity index is 1490. The lowest BCUT2D eigenvalue weighted by Gasteiger charge is -2.38. The van der Waals surface area contributed by atoms with Crippen molar-refractivity contribution in [1.82, 2.24) is 15.1 Å². The van der Waals surface area contributed by atoms with Gasteiger partial charge >= 0.3 is 12.0 Å². The highest BCUT2D eigenvalue weighted by Gasteiger charge is 2.39. The first-order valence-electron chi connectivity index (χ1n) is 13.1. The molecule has 0 aliphatic carbocycles. The number of nitrogens with zero attached hydrogens (tertiary/aromatic N) is 3. The van der Waals surface area contributed by atoms with E-state index < -0.39 is 29.1 Å². The maximum atomic E-state index is 13.3. The third-order valence-electron chi connectivity index (χ3n) is 6.76. The molecule has 0 aromatic heterocycles.